The minimum atomic E-state index is -4.46. The van der Waals surface area contributed by atoms with Gasteiger partial charge in [-0.2, -0.15) is 13.2 Å². The fraction of sp³-hybridized carbons (Fsp3) is 0.259. The second kappa shape index (κ2) is 9.09. The normalized spacial score (nSPS) is 16.1. The summed E-state index contributed by atoms with van der Waals surface area (Å²) in [5.74, 6) is 0.384. The van der Waals surface area contributed by atoms with Gasteiger partial charge in [0.1, 0.15) is 11.6 Å². The van der Waals surface area contributed by atoms with Crippen molar-refractivity contribution < 1.29 is 22.4 Å². The van der Waals surface area contributed by atoms with Gasteiger partial charge in [-0.1, -0.05) is 43.3 Å². The van der Waals surface area contributed by atoms with E-state index in [-0.39, 0.29) is 17.6 Å². The molecule has 0 saturated carbocycles. The molecule has 1 saturated heterocycles. The Labute approximate surface area is 200 Å². The van der Waals surface area contributed by atoms with E-state index in [2.05, 4.69) is 17.2 Å². The number of likely N-dealkylation sites (tertiary alicyclic amines) is 1. The van der Waals surface area contributed by atoms with Crippen LogP contribution in [-0.4, -0.2) is 22.5 Å². The third-order valence-electron chi connectivity index (χ3n) is 6.36. The van der Waals surface area contributed by atoms with Crippen LogP contribution >= 0.6 is 0 Å². The van der Waals surface area contributed by atoms with Gasteiger partial charge in [-0.15, -0.1) is 0 Å². The van der Waals surface area contributed by atoms with Crippen molar-refractivity contribution in [1.82, 2.24) is 9.88 Å². The zero-order valence-electron chi connectivity index (χ0n) is 19.1. The van der Waals surface area contributed by atoms with E-state index in [1.54, 1.807) is 29.2 Å². The van der Waals surface area contributed by atoms with Gasteiger partial charge < -0.3 is 14.6 Å². The summed E-state index contributed by atoms with van der Waals surface area (Å²) in [6, 6.07) is 17.4. The number of nitrogens with one attached hydrogen (secondary N) is 1. The number of fused-ring (bicyclic) bond motifs is 1. The Kier molecular flexibility index (Phi) is 5.96. The van der Waals surface area contributed by atoms with Crippen LogP contribution in [0.25, 0.3) is 22.2 Å². The van der Waals surface area contributed by atoms with Crippen molar-refractivity contribution in [1.29, 1.82) is 0 Å². The quantitative estimate of drug-likeness (QED) is 0.331. The molecule has 5 nitrogen and oxygen atoms in total. The molecule has 2 amide bonds. The van der Waals surface area contributed by atoms with E-state index >= 15 is 0 Å². The third-order valence-corrected chi connectivity index (χ3v) is 6.36. The number of aryl methyl sites for hydroxylation is 1. The highest BCUT2D eigenvalue weighted by molar-refractivity contribution is 5.90. The molecular formula is C27H24F3N3O2. The Morgan fingerprint density at radius 3 is 2.63 bits per heavy atom. The second-order valence-corrected chi connectivity index (χ2v) is 8.61. The predicted molar refractivity (Wildman–Crippen MR) is 128 cm³/mol. The lowest BCUT2D eigenvalue weighted by molar-refractivity contribution is -0.137. The summed E-state index contributed by atoms with van der Waals surface area (Å²) in [5, 5.41) is 2.93. The van der Waals surface area contributed by atoms with Crippen LogP contribution in [0.1, 0.15) is 42.8 Å². The summed E-state index contributed by atoms with van der Waals surface area (Å²) in [6.07, 6.45) is -2.05. The summed E-state index contributed by atoms with van der Waals surface area (Å²) in [4.78, 5) is 19.2. The molecule has 5 rings (SSSR count). The molecule has 180 valence electrons. The molecule has 2 heterocycles. The SMILES string of the molecule is CCc1ccc(NC(=O)N2CCCC2c2nc3cc(-c4ccccc4C(F)(F)F)ccc3o2)cc1. The molecule has 3 aromatic carbocycles. The zero-order chi connectivity index (χ0) is 24.6. The number of carbonyl (C=O) groups excluding carboxylic acids is 1. The Morgan fingerprint density at radius 2 is 1.89 bits per heavy atom. The molecule has 8 heteroatoms. The van der Waals surface area contributed by atoms with E-state index in [1.165, 1.54) is 17.7 Å². The maximum atomic E-state index is 13.5. The fourth-order valence-corrected chi connectivity index (χ4v) is 4.52. The van der Waals surface area contributed by atoms with Gasteiger partial charge in [0, 0.05) is 12.2 Å². The number of anilines is 1. The minimum absolute atomic E-state index is 0.0856. The largest absolute Gasteiger partial charge is 0.438 e. The van der Waals surface area contributed by atoms with Crippen molar-refractivity contribution in [2.24, 2.45) is 0 Å². The molecule has 0 radical (unpaired) electrons. The van der Waals surface area contributed by atoms with Crippen LogP contribution in [0, 0.1) is 0 Å². The van der Waals surface area contributed by atoms with Gasteiger partial charge in [0.25, 0.3) is 0 Å². The van der Waals surface area contributed by atoms with E-state index in [4.69, 9.17) is 4.42 Å². The molecule has 35 heavy (non-hydrogen) atoms. The minimum Gasteiger partial charge on any atom is -0.438 e. The number of oxazole rings is 1. The number of carbonyl (C=O) groups is 1. The molecule has 4 aromatic rings. The zero-order valence-corrected chi connectivity index (χ0v) is 19.1. The molecule has 0 aliphatic carbocycles. The van der Waals surface area contributed by atoms with Crippen molar-refractivity contribution in [3.05, 3.63) is 83.7 Å². The average molecular weight is 480 g/mol. The van der Waals surface area contributed by atoms with E-state index in [0.717, 1.165) is 18.9 Å². The highest BCUT2D eigenvalue weighted by Crippen LogP contribution is 2.39. The van der Waals surface area contributed by atoms with Crippen LogP contribution in [0.5, 0.6) is 0 Å². The molecule has 1 aliphatic heterocycles. The van der Waals surface area contributed by atoms with Crippen molar-refractivity contribution in [2.75, 3.05) is 11.9 Å². The van der Waals surface area contributed by atoms with Crippen molar-refractivity contribution >= 4 is 22.8 Å². The monoisotopic (exact) mass is 479 g/mol. The summed E-state index contributed by atoms with van der Waals surface area (Å²) in [5.41, 5.74) is 2.61. The Bertz CT molecular complexity index is 1360. The van der Waals surface area contributed by atoms with Gasteiger partial charge in [0.15, 0.2) is 5.58 Å². The number of amides is 2. The molecule has 0 spiro atoms. The number of aromatic nitrogens is 1. The number of rotatable bonds is 4. The molecule has 1 N–H and O–H groups in total. The van der Waals surface area contributed by atoms with Crippen molar-refractivity contribution in [3.8, 4) is 11.1 Å². The standard InChI is InChI=1S/C27H24F3N3O2/c1-2-17-9-12-19(13-10-17)31-26(34)33-15-5-8-23(33)25-32-22-16-18(11-14-24(22)35-25)20-6-3-4-7-21(20)27(28,29)30/h3-4,6-7,9-14,16,23H,2,5,8,15H2,1H3,(H,31,34). The van der Waals surface area contributed by atoms with Crippen LogP contribution < -0.4 is 5.32 Å². The molecule has 0 bridgehead atoms. The summed E-state index contributed by atoms with van der Waals surface area (Å²) < 4.78 is 46.4. The van der Waals surface area contributed by atoms with Crippen LogP contribution in [0.2, 0.25) is 0 Å². The van der Waals surface area contributed by atoms with Crippen LogP contribution in [0.3, 0.4) is 0 Å². The van der Waals surface area contributed by atoms with E-state index in [1.807, 2.05) is 24.3 Å². The maximum Gasteiger partial charge on any atom is 0.417 e. The van der Waals surface area contributed by atoms with E-state index in [0.29, 0.717) is 41.2 Å². The lowest BCUT2D eigenvalue weighted by Gasteiger charge is -2.22. The number of benzene rings is 3. The van der Waals surface area contributed by atoms with Crippen LogP contribution in [0.15, 0.2) is 71.1 Å². The number of hydrogen-bond acceptors (Lipinski definition) is 3. The first-order chi connectivity index (χ1) is 16.8. The Morgan fingerprint density at radius 1 is 1.11 bits per heavy atom. The number of alkyl halides is 3. The number of hydrogen-bond donors (Lipinski definition) is 1. The average Bonchev–Trinajstić information content (AvgIpc) is 3.50. The van der Waals surface area contributed by atoms with Crippen molar-refractivity contribution in [3.63, 3.8) is 0 Å². The fourth-order valence-electron chi connectivity index (χ4n) is 4.52. The van der Waals surface area contributed by atoms with Gasteiger partial charge in [-0.3, -0.25) is 0 Å². The highest BCUT2D eigenvalue weighted by Gasteiger charge is 2.35. The van der Waals surface area contributed by atoms with E-state index in [9.17, 15) is 18.0 Å². The van der Waals surface area contributed by atoms with E-state index < -0.39 is 11.7 Å². The number of nitrogens with zero attached hydrogens (tertiary/aromatic N) is 2. The summed E-state index contributed by atoms with van der Waals surface area (Å²) >= 11 is 0. The summed E-state index contributed by atoms with van der Waals surface area (Å²) in [7, 11) is 0. The van der Waals surface area contributed by atoms with Crippen molar-refractivity contribution in [2.45, 2.75) is 38.4 Å². The van der Waals surface area contributed by atoms with Gasteiger partial charge in [0.2, 0.25) is 5.89 Å². The van der Waals surface area contributed by atoms with Gasteiger partial charge in [0.05, 0.1) is 5.56 Å². The molecular weight excluding hydrogens is 455 g/mol. The van der Waals surface area contributed by atoms with Crippen LogP contribution in [0.4, 0.5) is 23.7 Å². The molecule has 1 atom stereocenters. The van der Waals surface area contributed by atoms with Crippen LogP contribution in [-0.2, 0) is 12.6 Å². The lowest BCUT2D eigenvalue weighted by atomic mass is 9.99. The summed E-state index contributed by atoms with van der Waals surface area (Å²) in [6.45, 7) is 2.63. The maximum absolute atomic E-state index is 13.5. The third kappa shape index (κ3) is 4.60. The van der Waals surface area contributed by atoms with Gasteiger partial charge >= 0.3 is 12.2 Å². The predicted octanol–water partition coefficient (Wildman–Crippen LogP) is 7.45. The highest BCUT2D eigenvalue weighted by atomic mass is 19.4. The first-order valence-electron chi connectivity index (χ1n) is 11.6. The molecule has 1 aliphatic rings. The number of urea groups is 1. The Hall–Kier alpha value is -3.81. The first-order valence-corrected chi connectivity index (χ1v) is 11.6. The smallest absolute Gasteiger partial charge is 0.417 e. The van der Waals surface area contributed by atoms with Gasteiger partial charge in [-0.25, -0.2) is 9.78 Å². The lowest BCUT2D eigenvalue weighted by Crippen LogP contribution is -2.34. The topological polar surface area (TPSA) is 58.4 Å². The van der Waals surface area contributed by atoms with Gasteiger partial charge in [-0.05, 0) is 66.3 Å². The first kappa shape index (κ1) is 23.0. The Balaban J connectivity index is 1.40. The second-order valence-electron chi connectivity index (χ2n) is 8.61. The molecule has 1 unspecified atom stereocenters. The molecule has 1 aromatic heterocycles. The number of halogens is 3. The molecule has 1 fully saturated rings.